The third-order valence-corrected chi connectivity index (χ3v) is 3.53. The third kappa shape index (κ3) is 6.89. The van der Waals surface area contributed by atoms with Gasteiger partial charge in [0.15, 0.2) is 0 Å². The number of phenolic OH excluding ortho intramolecular Hbond substituents is 1. The molecule has 6 heteroatoms. The van der Waals surface area contributed by atoms with E-state index in [0.29, 0.717) is 37.4 Å². The Morgan fingerprint density at radius 2 is 1.92 bits per heavy atom. The molecule has 0 aliphatic carbocycles. The largest absolute Gasteiger partial charge is 0.508 e. The number of ether oxygens (including phenoxy) is 2. The molecule has 0 spiro atoms. The Balaban J connectivity index is 2.48. The number of phenols is 1. The second-order valence-corrected chi connectivity index (χ2v) is 5.65. The minimum absolute atomic E-state index is 0.0995. The Kier molecular flexibility index (Phi) is 8.68. The first-order valence-electron chi connectivity index (χ1n) is 8.25. The normalized spacial score (nSPS) is 10.3. The number of hydrogen-bond acceptors (Lipinski definition) is 5. The molecule has 0 aliphatic heterocycles. The molecule has 1 N–H and O–H groups in total. The smallest absolute Gasteiger partial charge is 0.306 e. The van der Waals surface area contributed by atoms with Gasteiger partial charge in [-0.2, -0.15) is 0 Å². The summed E-state index contributed by atoms with van der Waals surface area (Å²) in [4.78, 5) is 24.5. The predicted molar refractivity (Wildman–Crippen MR) is 91.1 cm³/mol. The molecule has 0 aliphatic rings. The molecule has 0 saturated heterocycles. The van der Waals surface area contributed by atoms with Gasteiger partial charge in [-0.3, -0.25) is 9.59 Å². The number of amides is 1. The van der Waals surface area contributed by atoms with Crippen LogP contribution in [0.1, 0.15) is 38.2 Å². The van der Waals surface area contributed by atoms with E-state index in [1.165, 1.54) is 0 Å². The molecule has 0 unspecified atom stereocenters. The fraction of sp³-hybridized carbons (Fsp3) is 0.556. The van der Waals surface area contributed by atoms with Crippen molar-refractivity contribution in [2.75, 3.05) is 27.3 Å². The van der Waals surface area contributed by atoms with Crippen LogP contribution in [0.4, 0.5) is 0 Å². The maximum atomic E-state index is 11.5. The van der Waals surface area contributed by atoms with Gasteiger partial charge in [-0.05, 0) is 38.3 Å². The zero-order chi connectivity index (χ0) is 17.9. The average Bonchev–Trinajstić information content (AvgIpc) is 2.53. The number of aromatic hydroxyl groups is 1. The number of nitrogens with zero attached hydrogens (tertiary/aromatic N) is 1. The molecule has 134 valence electrons. The highest BCUT2D eigenvalue weighted by atomic mass is 16.5. The molecule has 0 fully saturated rings. The summed E-state index contributed by atoms with van der Waals surface area (Å²) in [5.41, 5.74) is 0.606. The summed E-state index contributed by atoms with van der Waals surface area (Å²) in [6, 6.07) is 5.04. The van der Waals surface area contributed by atoms with Gasteiger partial charge in [-0.1, -0.05) is 6.07 Å². The van der Waals surface area contributed by atoms with Crippen LogP contribution in [-0.2, 0) is 20.7 Å². The molecule has 24 heavy (non-hydrogen) atoms. The number of carbonyl (C=O) groups excluding carboxylic acids is 2. The lowest BCUT2D eigenvalue weighted by Gasteiger charge is -2.13. The molecule has 0 aromatic heterocycles. The van der Waals surface area contributed by atoms with E-state index in [1.54, 1.807) is 44.1 Å². The van der Waals surface area contributed by atoms with Gasteiger partial charge in [0.1, 0.15) is 11.5 Å². The number of rotatable bonds is 10. The lowest BCUT2D eigenvalue weighted by atomic mass is 10.1. The summed E-state index contributed by atoms with van der Waals surface area (Å²) >= 11 is 0. The van der Waals surface area contributed by atoms with Gasteiger partial charge in [-0.15, -0.1) is 0 Å². The van der Waals surface area contributed by atoms with Gasteiger partial charge < -0.3 is 19.5 Å². The van der Waals surface area contributed by atoms with E-state index in [1.807, 2.05) is 0 Å². The fourth-order valence-corrected chi connectivity index (χ4v) is 2.18. The standard InChI is InChI=1S/C18H27NO5/c1-4-23-18(22)12-11-14-15(20)8-7-9-16(14)24-13-6-5-10-17(21)19(2)3/h7-9,20H,4-6,10-13H2,1-3H3. The summed E-state index contributed by atoms with van der Waals surface area (Å²) < 4.78 is 10.6. The molecule has 0 bridgehead atoms. The maximum Gasteiger partial charge on any atom is 0.306 e. The van der Waals surface area contributed by atoms with E-state index in [-0.39, 0.29) is 24.0 Å². The van der Waals surface area contributed by atoms with Crippen LogP contribution in [-0.4, -0.2) is 49.2 Å². The highest BCUT2D eigenvalue weighted by Crippen LogP contribution is 2.29. The molecular formula is C18H27NO5. The first-order chi connectivity index (χ1) is 11.5. The average molecular weight is 337 g/mol. The second-order valence-electron chi connectivity index (χ2n) is 5.65. The van der Waals surface area contributed by atoms with Crippen LogP contribution in [0.15, 0.2) is 18.2 Å². The van der Waals surface area contributed by atoms with Crippen LogP contribution >= 0.6 is 0 Å². The molecule has 0 atom stereocenters. The molecular weight excluding hydrogens is 310 g/mol. The molecule has 1 rings (SSSR count). The Bertz CT molecular complexity index is 542. The van der Waals surface area contributed by atoms with Crippen molar-refractivity contribution in [3.05, 3.63) is 23.8 Å². The quantitative estimate of drug-likeness (QED) is 0.524. The molecule has 1 amide bonds. The first-order valence-corrected chi connectivity index (χ1v) is 8.25. The highest BCUT2D eigenvalue weighted by Gasteiger charge is 2.12. The molecule has 1 aromatic carbocycles. The van der Waals surface area contributed by atoms with Gasteiger partial charge in [-0.25, -0.2) is 0 Å². The summed E-state index contributed by atoms with van der Waals surface area (Å²) in [7, 11) is 3.48. The molecule has 6 nitrogen and oxygen atoms in total. The van der Waals surface area contributed by atoms with E-state index in [4.69, 9.17) is 9.47 Å². The lowest BCUT2D eigenvalue weighted by molar-refractivity contribution is -0.143. The molecule has 0 radical (unpaired) electrons. The summed E-state index contributed by atoms with van der Waals surface area (Å²) in [6.07, 6.45) is 2.53. The van der Waals surface area contributed by atoms with E-state index in [9.17, 15) is 14.7 Å². The van der Waals surface area contributed by atoms with E-state index < -0.39 is 0 Å². The highest BCUT2D eigenvalue weighted by molar-refractivity contribution is 5.75. The molecule has 1 aromatic rings. The van der Waals surface area contributed by atoms with Crippen molar-refractivity contribution in [1.29, 1.82) is 0 Å². The molecule has 0 heterocycles. The van der Waals surface area contributed by atoms with Crippen molar-refractivity contribution >= 4 is 11.9 Å². The van der Waals surface area contributed by atoms with E-state index in [2.05, 4.69) is 0 Å². The van der Waals surface area contributed by atoms with Gasteiger partial charge in [0, 0.05) is 32.5 Å². The summed E-state index contributed by atoms with van der Waals surface area (Å²) in [5, 5.41) is 9.99. The number of hydrogen-bond donors (Lipinski definition) is 1. The zero-order valence-corrected chi connectivity index (χ0v) is 14.7. The second kappa shape index (κ2) is 10.5. The zero-order valence-electron chi connectivity index (χ0n) is 14.7. The van der Waals surface area contributed by atoms with Gasteiger partial charge in [0.2, 0.25) is 5.91 Å². The number of benzene rings is 1. The van der Waals surface area contributed by atoms with Crippen LogP contribution in [0.5, 0.6) is 11.5 Å². The Hall–Kier alpha value is -2.24. The van der Waals surface area contributed by atoms with Crippen LogP contribution < -0.4 is 4.74 Å². The van der Waals surface area contributed by atoms with Crippen LogP contribution in [0.25, 0.3) is 0 Å². The van der Waals surface area contributed by atoms with Crippen molar-refractivity contribution in [2.24, 2.45) is 0 Å². The van der Waals surface area contributed by atoms with Crippen LogP contribution in [0.3, 0.4) is 0 Å². The van der Waals surface area contributed by atoms with Crippen molar-refractivity contribution in [1.82, 2.24) is 4.90 Å². The predicted octanol–water partition coefficient (Wildman–Crippen LogP) is 2.53. The van der Waals surface area contributed by atoms with Gasteiger partial charge in [0.25, 0.3) is 0 Å². The van der Waals surface area contributed by atoms with Crippen LogP contribution in [0, 0.1) is 0 Å². The topological polar surface area (TPSA) is 76.1 Å². The number of carbonyl (C=O) groups is 2. The number of unbranched alkanes of at least 4 members (excludes halogenated alkanes) is 1. The van der Waals surface area contributed by atoms with Crippen molar-refractivity contribution < 1.29 is 24.2 Å². The lowest BCUT2D eigenvalue weighted by Crippen LogP contribution is -2.21. The SMILES string of the molecule is CCOC(=O)CCc1c(O)cccc1OCCCCC(=O)N(C)C. The Morgan fingerprint density at radius 1 is 1.17 bits per heavy atom. The molecule has 0 saturated carbocycles. The summed E-state index contributed by atoms with van der Waals surface area (Å²) in [6.45, 7) is 2.55. The van der Waals surface area contributed by atoms with E-state index >= 15 is 0 Å². The minimum atomic E-state index is -0.297. The van der Waals surface area contributed by atoms with Gasteiger partial charge in [0.05, 0.1) is 13.2 Å². The monoisotopic (exact) mass is 337 g/mol. The summed E-state index contributed by atoms with van der Waals surface area (Å²) in [5.74, 6) is 0.481. The third-order valence-electron chi connectivity index (χ3n) is 3.53. The maximum absolute atomic E-state index is 11.5. The fourth-order valence-electron chi connectivity index (χ4n) is 2.18. The Morgan fingerprint density at radius 3 is 2.58 bits per heavy atom. The van der Waals surface area contributed by atoms with Crippen LogP contribution in [0.2, 0.25) is 0 Å². The minimum Gasteiger partial charge on any atom is -0.508 e. The van der Waals surface area contributed by atoms with Crippen molar-refractivity contribution in [3.8, 4) is 11.5 Å². The van der Waals surface area contributed by atoms with Crippen molar-refractivity contribution in [2.45, 2.75) is 39.0 Å². The first kappa shape index (κ1) is 19.8. The van der Waals surface area contributed by atoms with Gasteiger partial charge >= 0.3 is 5.97 Å². The van der Waals surface area contributed by atoms with E-state index in [0.717, 1.165) is 12.8 Å². The van der Waals surface area contributed by atoms with Crippen molar-refractivity contribution in [3.63, 3.8) is 0 Å². The Labute approximate surface area is 143 Å². The number of esters is 1.